The molecule has 0 spiro atoms. The van der Waals surface area contributed by atoms with Crippen LogP contribution in [0.3, 0.4) is 0 Å². The Hall–Kier alpha value is -2.28. The van der Waals surface area contributed by atoms with E-state index in [1.165, 1.54) is 33.4 Å². The summed E-state index contributed by atoms with van der Waals surface area (Å²) in [6.45, 7) is 13.8. The summed E-state index contributed by atoms with van der Waals surface area (Å²) in [5.41, 5.74) is 16.1. The van der Waals surface area contributed by atoms with Gasteiger partial charge in [-0.1, -0.05) is 101 Å². The molecule has 0 aromatic heterocycles. The fourth-order valence-electron chi connectivity index (χ4n) is 5.19. The SMILES string of the molecule is CCCC(=C1C=C(C(C)C)C(N)=C(C(C)C)C1(C)C1=CC=CC1)c1ccccc1. The second-order valence-corrected chi connectivity index (χ2v) is 9.19. The first-order valence-corrected chi connectivity index (χ1v) is 11.2. The zero-order valence-corrected chi connectivity index (χ0v) is 19.0. The van der Waals surface area contributed by atoms with Crippen molar-refractivity contribution in [3.63, 3.8) is 0 Å². The van der Waals surface area contributed by atoms with E-state index in [2.05, 4.69) is 96.2 Å². The molecular formula is C28H37N. The average Bonchev–Trinajstić information content (AvgIpc) is 3.22. The van der Waals surface area contributed by atoms with Crippen LogP contribution in [0.15, 0.2) is 82.6 Å². The molecule has 0 bridgehead atoms. The summed E-state index contributed by atoms with van der Waals surface area (Å²) < 4.78 is 0. The smallest absolute Gasteiger partial charge is 0.0377 e. The minimum absolute atomic E-state index is 0.166. The standard InChI is InChI=1S/C28H37N/c1-7-13-23(21-14-9-8-10-15-21)25-18-24(19(2)3)27(29)26(20(4)5)28(25,6)22-16-11-12-17-22/h8-12,14-16,18-20H,7,13,17,29H2,1-6H3. The minimum Gasteiger partial charge on any atom is -0.398 e. The lowest BCUT2D eigenvalue weighted by Gasteiger charge is -2.44. The molecule has 0 saturated heterocycles. The van der Waals surface area contributed by atoms with Crippen molar-refractivity contribution >= 4 is 5.57 Å². The zero-order chi connectivity index (χ0) is 21.2. The quantitative estimate of drug-likeness (QED) is 0.534. The molecule has 0 fully saturated rings. The van der Waals surface area contributed by atoms with Crippen LogP contribution in [-0.2, 0) is 0 Å². The largest absolute Gasteiger partial charge is 0.398 e. The fraction of sp³-hybridized carbons (Fsp3) is 0.429. The number of hydrogen-bond acceptors (Lipinski definition) is 1. The second-order valence-electron chi connectivity index (χ2n) is 9.19. The summed E-state index contributed by atoms with van der Waals surface area (Å²) >= 11 is 0. The molecule has 1 nitrogen and oxygen atoms in total. The average molecular weight is 388 g/mol. The normalized spacial score (nSPS) is 23.7. The molecule has 1 unspecified atom stereocenters. The molecule has 2 aliphatic carbocycles. The summed E-state index contributed by atoms with van der Waals surface area (Å²) in [5, 5.41) is 0. The van der Waals surface area contributed by atoms with Gasteiger partial charge in [-0.05, 0) is 59.5 Å². The van der Waals surface area contributed by atoms with Crippen LogP contribution in [0.4, 0.5) is 0 Å². The van der Waals surface area contributed by atoms with E-state index in [1.807, 2.05) is 0 Å². The van der Waals surface area contributed by atoms with Gasteiger partial charge in [0, 0.05) is 11.1 Å². The van der Waals surface area contributed by atoms with Gasteiger partial charge in [0.05, 0.1) is 0 Å². The van der Waals surface area contributed by atoms with Gasteiger partial charge in [0.1, 0.15) is 0 Å². The third-order valence-electron chi connectivity index (χ3n) is 6.54. The fourth-order valence-corrected chi connectivity index (χ4v) is 5.19. The number of allylic oxidation sites excluding steroid dienone is 9. The molecule has 1 aromatic carbocycles. The Morgan fingerprint density at radius 3 is 2.28 bits per heavy atom. The Morgan fingerprint density at radius 1 is 1.07 bits per heavy atom. The highest BCUT2D eigenvalue weighted by Gasteiger charge is 2.43. The van der Waals surface area contributed by atoms with Gasteiger partial charge in [-0.25, -0.2) is 0 Å². The molecule has 2 N–H and O–H groups in total. The number of nitrogens with two attached hydrogens (primary N) is 1. The maximum atomic E-state index is 6.88. The third-order valence-corrected chi connectivity index (χ3v) is 6.54. The van der Waals surface area contributed by atoms with Gasteiger partial charge in [0.2, 0.25) is 0 Å². The van der Waals surface area contributed by atoms with E-state index < -0.39 is 0 Å². The maximum Gasteiger partial charge on any atom is 0.0377 e. The van der Waals surface area contributed by atoms with Crippen molar-refractivity contribution in [2.75, 3.05) is 0 Å². The van der Waals surface area contributed by atoms with E-state index in [4.69, 9.17) is 5.73 Å². The van der Waals surface area contributed by atoms with E-state index >= 15 is 0 Å². The summed E-state index contributed by atoms with van der Waals surface area (Å²) in [4.78, 5) is 0. The maximum absolute atomic E-state index is 6.88. The lowest BCUT2D eigenvalue weighted by molar-refractivity contribution is 0.488. The van der Waals surface area contributed by atoms with Gasteiger partial charge < -0.3 is 5.73 Å². The Morgan fingerprint density at radius 2 is 1.76 bits per heavy atom. The zero-order valence-electron chi connectivity index (χ0n) is 19.0. The molecule has 2 aliphatic rings. The molecule has 1 atom stereocenters. The molecular weight excluding hydrogens is 350 g/mol. The van der Waals surface area contributed by atoms with Gasteiger partial charge in [-0.3, -0.25) is 0 Å². The summed E-state index contributed by atoms with van der Waals surface area (Å²) in [6.07, 6.45) is 12.4. The Bertz CT molecular complexity index is 903. The number of rotatable bonds is 6. The van der Waals surface area contributed by atoms with E-state index in [1.54, 1.807) is 0 Å². The van der Waals surface area contributed by atoms with Crippen molar-refractivity contribution in [1.82, 2.24) is 0 Å². The van der Waals surface area contributed by atoms with Crippen molar-refractivity contribution in [3.05, 3.63) is 88.2 Å². The lowest BCUT2D eigenvalue weighted by Crippen LogP contribution is -2.34. The topological polar surface area (TPSA) is 26.0 Å². The Balaban J connectivity index is 2.40. The predicted octanol–water partition coefficient (Wildman–Crippen LogP) is 7.60. The molecule has 3 rings (SSSR count). The lowest BCUT2D eigenvalue weighted by atomic mass is 9.60. The van der Waals surface area contributed by atoms with Crippen molar-refractivity contribution < 1.29 is 0 Å². The van der Waals surface area contributed by atoms with Gasteiger partial charge in [0.15, 0.2) is 0 Å². The number of benzene rings is 1. The van der Waals surface area contributed by atoms with Crippen LogP contribution in [0.1, 0.15) is 66.4 Å². The van der Waals surface area contributed by atoms with Crippen LogP contribution in [0, 0.1) is 17.3 Å². The summed E-state index contributed by atoms with van der Waals surface area (Å²) in [6, 6.07) is 10.9. The number of hydrogen-bond donors (Lipinski definition) is 1. The van der Waals surface area contributed by atoms with Crippen LogP contribution in [0.2, 0.25) is 0 Å². The third kappa shape index (κ3) is 3.80. The van der Waals surface area contributed by atoms with Crippen LogP contribution < -0.4 is 5.73 Å². The molecule has 1 aromatic rings. The van der Waals surface area contributed by atoms with Gasteiger partial charge >= 0.3 is 0 Å². The van der Waals surface area contributed by atoms with Crippen molar-refractivity contribution in [2.45, 2.75) is 60.8 Å². The van der Waals surface area contributed by atoms with E-state index in [0.29, 0.717) is 11.8 Å². The minimum atomic E-state index is -0.166. The van der Waals surface area contributed by atoms with Crippen molar-refractivity contribution in [2.24, 2.45) is 23.0 Å². The Labute approximate surface area is 177 Å². The molecule has 1 heteroatoms. The van der Waals surface area contributed by atoms with Gasteiger partial charge in [-0.15, -0.1) is 0 Å². The molecule has 0 saturated carbocycles. The molecule has 154 valence electrons. The summed E-state index contributed by atoms with van der Waals surface area (Å²) in [5.74, 6) is 0.787. The van der Waals surface area contributed by atoms with Gasteiger partial charge in [0.25, 0.3) is 0 Å². The molecule has 29 heavy (non-hydrogen) atoms. The monoisotopic (exact) mass is 387 g/mol. The van der Waals surface area contributed by atoms with E-state index in [-0.39, 0.29) is 5.41 Å². The summed E-state index contributed by atoms with van der Waals surface area (Å²) in [7, 11) is 0. The van der Waals surface area contributed by atoms with Crippen molar-refractivity contribution in [3.8, 4) is 0 Å². The first kappa shape index (κ1) is 21.4. The van der Waals surface area contributed by atoms with E-state index in [9.17, 15) is 0 Å². The van der Waals surface area contributed by atoms with Crippen LogP contribution in [0.5, 0.6) is 0 Å². The van der Waals surface area contributed by atoms with Crippen LogP contribution in [-0.4, -0.2) is 0 Å². The Kier molecular flexibility index (Phi) is 6.36. The van der Waals surface area contributed by atoms with Gasteiger partial charge in [-0.2, -0.15) is 0 Å². The molecule has 0 amide bonds. The second kappa shape index (κ2) is 8.61. The molecule has 0 aliphatic heterocycles. The predicted molar refractivity (Wildman–Crippen MR) is 127 cm³/mol. The van der Waals surface area contributed by atoms with Crippen LogP contribution >= 0.6 is 0 Å². The highest BCUT2D eigenvalue weighted by atomic mass is 14.6. The van der Waals surface area contributed by atoms with Crippen molar-refractivity contribution in [1.29, 1.82) is 0 Å². The molecule has 0 radical (unpaired) electrons. The highest BCUT2D eigenvalue weighted by Crippen LogP contribution is 2.55. The first-order chi connectivity index (χ1) is 13.8. The first-order valence-electron chi connectivity index (χ1n) is 11.2. The molecule has 0 heterocycles. The van der Waals surface area contributed by atoms with Crippen LogP contribution in [0.25, 0.3) is 5.57 Å². The highest BCUT2D eigenvalue weighted by molar-refractivity contribution is 5.77. The van der Waals surface area contributed by atoms with E-state index in [0.717, 1.165) is 25.0 Å².